The van der Waals surface area contributed by atoms with Crippen LogP contribution in [-0.4, -0.2) is 0 Å². The fourth-order valence-electron chi connectivity index (χ4n) is 2.26. The first-order valence-corrected chi connectivity index (χ1v) is 8.49. The van der Waals surface area contributed by atoms with Crippen molar-refractivity contribution in [3.05, 3.63) is 62.5 Å². The van der Waals surface area contributed by atoms with E-state index in [-0.39, 0.29) is 6.04 Å². The van der Waals surface area contributed by atoms with Gasteiger partial charge in [0.25, 0.3) is 0 Å². The predicted octanol–water partition coefficient (Wildman–Crippen LogP) is 6.96. The molecule has 112 valence electrons. The van der Waals surface area contributed by atoms with Crippen molar-refractivity contribution in [2.24, 2.45) is 5.92 Å². The van der Waals surface area contributed by atoms with Crippen LogP contribution in [0, 0.1) is 5.92 Å². The van der Waals surface area contributed by atoms with E-state index in [2.05, 4.69) is 59.4 Å². The molecule has 2 rings (SSSR count). The van der Waals surface area contributed by atoms with E-state index >= 15 is 0 Å². The van der Waals surface area contributed by atoms with E-state index in [1.54, 1.807) is 0 Å². The summed E-state index contributed by atoms with van der Waals surface area (Å²) >= 11 is 15.9. The van der Waals surface area contributed by atoms with Crippen molar-refractivity contribution >= 4 is 44.8 Å². The van der Waals surface area contributed by atoms with Gasteiger partial charge in [-0.15, -0.1) is 0 Å². The third-order valence-corrected chi connectivity index (χ3v) is 5.04. The third-order valence-electron chi connectivity index (χ3n) is 3.27. The average molecular weight is 387 g/mol. The van der Waals surface area contributed by atoms with Crippen LogP contribution in [0.3, 0.4) is 0 Å². The summed E-state index contributed by atoms with van der Waals surface area (Å²) in [4.78, 5) is 0. The van der Waals surface area contributed by atoms with Crippen LogP contribution in [0.5, 0.6) is 0 Å². The normalized spacial score (nSPS) is 12.5. The fourth-order valence-corrected chi connectivity index (χ4v) is 3.09. The first-order chi connectivity index (χ1) is 9.99. The second kappa shape index (κ2) is 7.53. The molecule has 1 atom stereocenters. The molecule has 0 aromatic heterocycles. The monoisotopic (exact) mass is 385 g/mol. The number of rotatable bonds is 5. The third kappa shape index (κ3) is 4.38. The van der Waals surface area contributed by atoms with Crippen molar-refractivity contribution in [1.82, 2.24) is 0 Å². The van der Waals surface area contributed by atoms with Gasteiger partial charge in [0.05, 0.1) is 21.8 Å². The van der Waals surface area contributed by atoms with E-state index in [9.17, 15) is 0 Å². The Morgan fingerprint density at radius 2 is 1.67 bits per heavy atom. The molecule has 0 saturated carbocycles. The SMILES string of the molecule is CC(C)CC(Nc1ccc(Br)c(Cl)c1Cl)c1ccccc1. The lowest BCUT2D eigenvalue weighted by molar-refractivity contribution is 0.531. The smallest absolute Gasteiger partial charge is 0.0835 e. The highest BCUT2D eigenvalue weighted by atomic mass is 79.9. The average Bonchev–Trinajstić information content (AvgIpc) is 2.47. The maximum absolute atomic E-state index is 6.34. The molecule has 0 heterocycles. The lowest BCUT2D eigenvalue weighted by atomic mass is 9.97. The standard InChI is InChI=1S/C17H18BrCl2N/c1-11(2)10-15(12-6-4-3-5-7-12)21-14-9-8-13(18)16(19)17(14)20/h3-9,11,15,21H,10H2,1-2H3. The number of anilines is 1. The zero-order chi connectivity index (χ0) is 15.4. The highest BCUT2D eigenvalue weighted by Crippen LogP contribution is 2.38. The summed E-state index contributed by atoms with van der Waals surface area (Å²) in [7, 11) is 0. The molecule has 0 aliphatic carbocycles. The van der Waals surface area contributed by atoms with Gasteiger partial charge in [-0.3, -0.25) is 0 Å². The second-order valence-corrected chi connectivity index (χ2v) is 7.07. The van der Waals surface area contributed by atoms with E-state index in [1.165, 1.54) is 5.56 Å². The molecule has 0 radical (unpaired) electrons. The molecule has 0 saturated heterocycles. The maximum Gasteiger partial charge on any atom is 0.0835 e. The molecule has 0 amide bonds. The molecule has 2 aromatic carbocycles. The Hall–Kier alpha value is -0.700. The van der Waals surface area contributed by atoms with Gasteiger partial charge >= 0.3 is 0 Å². The summed E-state index contributed by atoms with van der Waals surface area (Å²) < 4.78 is 0.805. The van der Waals surface area contributed by atoms with Crippen LogP contribution in [0.15, 0.2) is 46.9 Å². The Labute approximate surface area is 144 Å². The molecule has 4 heteroatoms. The van der Waals surface area contributed by atoms with Gasteiger partial charge in [-0.1, -0.05) is 67.4 Å². The second-order valence-electron chi connectivity index (χ2n) is 5.46. The Morgan fingerprint density at radius 3 is 2.29 bits per heavy atom. The van der Waals surface area contributed by atoms with E-state index in [4.69, 9.17) is 23.2 Å². The van der Waals surface area contributed by atoms with Crippen molar-refractivity contribution in [2.45, 2.75) is 26.3 Å². The van der Waals surface area contributed by atoms with Gasteiger partial charge < -0.3 is 5.32 Å². The van der Waals surface area contributed by atoms with Crippen LogP contribution < -0.4 is 5.32 Å². The van der Waals surface area contributed by atoms with Crippen LogP contribution in [0.2, 0.25) is 10.0 Å². The van der Waals surface area contributed by atoms with Gasteiger partial charge in [0, 0.05) is 4.47 Å². The molecule has 0 aliphatic heterocycles. The summed E-state index contributed by atoms with van der Waals surface area (Å²) in [5.41, 5.74) is 2.11. The van der Waals surface area contributed by atoms with Gasteiger partial charge in [-0.25, -0.2) is 0 Å². The van der Waals surface area contributed by atoms with Crippen molar-refractivity contribution < 1.29 is 0 Å². The fraction of sp³-hybridized carbons (Fsp3) is 0.294. The molecule has 0 bridgehead atoms. The van der Waals surface area contributed by atoms with E-state index in [0.717, 1.165) is 16.6 Å². The number of hydrogen-bond donors (Lipinski definition) is 1. The van der Waals surface area contributed by atoms with Crippen LogP contribution in [0.1, 0.15) is 31.9 Å². The minimum atomic E-state index is 0.209. The number of nitrogens with one attached hydrogen (secondary N) is 1. The number of benzene rings is 2. The molecule has 1 nitrogen and oxygen atoms in total. The quantitative estimate of drug-likeness (QED) is 0.547. The largest absolute Gasteiger partial charge is 0.377 e. The maximum atomic E-state index is 6.34. The predicted molar refractivity (Wildman–Crippen MR) is 96.4 cm³/mol. The molecule has 1 N–H and O–H groups in total. The first kappa shape index (κ1) is 16.7. The van der Waals surface area contributed by atoms with Gasteiger partial charge in [0.2, 0.25) is 0 Å². The summed E-state index contributed by atoms with van der Waals surface area (Å²) in [6, 6.07) is 14.5. The summed E-state index contributed by atoms with van der Waals surface area (Å²) in [5, 5.41) is 4.62. The summed E-state index contributed by atoms with van der Waals surface area (Å²) in [6.45, 7) is 4.43. The highest BCUT2D eigenvalue weighted by molar-refractivity contribution is 9.10. The highest BCUT2D eigenvalue weighted by Gasteiger charge is 2.16. The Bertz CT molecular complexity index is 599. The van der Waals surface area contributed by atoms with Crippen LogP contribution in [-0.2, 0) is 0 Å². The summed E-state index contributed by atoms with van der Waals surface area (Å²) in [6.07, 6.45) is 1.02. The van der Waals surface area contributed by atoms with E-state index in [1.807, 2.05) is 18.2 Å². The van der Waals surface area contributed by atoms with Gasteiger partial charge in [0.15, 0.2) is 0 Å². The molecule has 21 heavy (non-hydrogen) atoms. The van der Waals surface area contributed by atoms with Crippen molar-refractivity contribution in [3.8, 4) is 0 Å². The topological polar surface area (TPSA) is 12.0 Å². The molecular formula is C17H18BrCl2N. The molecule has 2 aromatic rings. The number of hydrogen-bond acceptors (Lipinski definition) is 1. The first-order valence-electron chi connectivity index (χ1n) is 6.94. The Morgan fingerprint density at radius 1 is 1.00 bits per heavy atom. The Kier molecular flexibility index (Phi) is 5.98. The Balaban J connectivity index is 2.29. The zero-order valence-electron chi connectivity index (χ0n) is 12.0. The van der Waals surface area contributed by atoms with Gasteiger partial charge in [-0.2, -0.15) is 0 Å². The van der Waals surface area contributed by atoms with Crippen LogP contribution in [0.4, 0.5) is 5.69 Å². The van der Waals surface area contributed by atoms with Crippen LogP contribution >= 0.6 is 39.1 Å². The molecule has 0 aliphatic rings. The van der Waals surface area contributed by atoms with E-state index in [0.29, 0.717) is 16.0 Å². The number of halogens is 3. The van der Waals surface area contributed by atoms with Crippen molar-refractivity contribution in [2.75, 3.05) is 5.32 Å². The minimum Gasteiger partial charge on any atom is -0.377 e. The lowest BCUT2D eigenvalue weighted by Crippen LogP contribution is -2.13. The van der Waals surface area contributed by atoms with Gasteiger partial charge in [0.1, 0.15) is 0 Å². The van der Waals surface area contributed by atoms with E-state index < -0.39 is 0 Å². The molecule has 0 fully saturated rings. The minimum absolute atomic E-state index is 0.209. The van der Waals surface area contributed by atoms with Gasteiger partial charge in [-0.05, 0) is 46.0 Å². The van der Waals surface area contributed by atoms with Crippen LogP contribution in [0.25, 0.3) is 0 Å². The van der Waals surface area contributed by atoms with Crippen molar-refractivity contribution in [1.29, 1.82) is 0 Å². The molecular weight excluding hydrogens is 369 g/mol. The zero-order valence-corrected chi connectivity index (χ0v) is 15.1. The van der Waals surface area contributed by atoms with Crippen molar-refractivity contribution in [3.63, 3.8) is 0 Å². The molecule has 1 unspecified atom stereocenters. The summed E-state index contributed by atoms with van der Waals surface area (Å²) in [5.74, 6) is 0.576. The lowest BCUT2D eigenvalue weighted by Gasteiger charge is -2.23. The molecule has 0 spiro atoms.